The molecule has 238 valence electrons. The van der Waals surface area contributed by atoms with Gasteiger partial charge in [-0.2, -0.15) is 0 Å². The number of aliphatic hydroxyl groups is 3. The first kappa shape index (κ1) is 31.9. The van der Waals surface area contributed by atoms with Crippen LogP contribution in [0.15, 0.2) is 53.3 Å². The standard InChI is InChI=1S/C33H38N4O8/c1-32(2,3)35-14-22(39)36-17-8-6-15(7-9-17)18-10-11-21(38)24-19(18)12-16-13-20-26(37(4)5)28(41)25(31(34)44)30(43)33(20,45)29(42)23(16)27(24)40/h6-11,16,20,26,35,38,40,43,45H,12-14H2,1-5H3,(H2,34,44)(H,36,39)/t16-,20-,26-,33-/m0/s1. The Morgan fingerprint density at radius 3 is 2.27 bits per heavy atom. The molecule has 2 aromatic rings. The van der Waals surface area contributed by atoms with Crippen molar-refractivity contribution in [3.63, 3.8) is 0 Å². The summed E-state index contributed by atoms with van der Waals surface area (Å²) in [4.78, 5) is 53.3. The Bertz CT molecular complexity index is 1690. The molecule has 2 aromatic carbocycles. The lowest BCUT2D eigenvalue weighted by Crippen LogP contribution is -2.65. The molecule has 45 heavy (non-hydrogen) atoms. The smallest absolute Gasteiger partial charge is 0.255 e. The van der Waals surface area contributed by atoms with E-state index >= 15 is 0 Å². The van der Waals surface area contributed by atoms with Crippen molar-refractivity contribution in [1.82, 2.24) is 10.2 Å². The molecular formula is C33H38N4O8. The molecule has 0 saturated heterocycles. The minimum absolute atomic E-state index is 0.00553. The first-order chi connectivity index (χ1) is 21.0. The predicted octanol–water partition coefficient (Wildman–Crippen LogP) is 1.96. The molecule has 0 unspecified atom stereocenters. The lowest BCUT2D eigenvalue weighted by molar-refractivity contribution is -0.153. The Morgan fingerprint density at radius 2 is 1.69 bits per heavy atom. The molecule has 1 saturated carbocycles. The van der Waals surface area contributed by atoms with Crippen LogP contribution in [0.2, 0.25) is 0 Å². The number of carbonyl (C=O) groups is 4. The number of phenolic OH excluding ortho intramolecular Hbond substituents is 1. The number of amides is 2. The highest BCUT2D eigenvalue weighted by Gasteiger charge is 2.64. The molecule has 3 aliphatic carbocycles. The van der Waals surface area contributed by atoms with E-state index in [0.717, 1.165) is 5.56 Å². The van der Waals surface area contributed by atoms with Gasteiger partial charge >= 0.3 is 0 Å². The Kier molecular flexibility index (Phi) is 7.89. The largest absolute Gasteiger partial charge is 0.508 e. The fourth-order valence-electron chi connectivity index (χ4n) is 6.80. The number of carbonyl (C=O) groups excluding carboxylic acids is 4. The van der Waals surface area contributed by atoms with Crippen molar-refractivity contribution in [1.29, 1.82) is 0 Å². The second-order valence-corrected chi connectivity index (χ2v) is 13.2. The zero-order chi connectivity index (χ0) is 33.2. The molecule has 0 spiro atoms. The van der Waals surface area contributed by atoms with E-state index < -0.39 is 58.0 Å². The highest BCUT2D eigenvalue weighted by molar-refractivity contribution is 6.24. The molecule has 0 heterocycles. The monoisotopic (exact) mass is 618 g/mol. The number of hydrogen-bond donors (Lipinski definition) is 7. The Morgan fingerprint density at radius 1 is 1.04 bits per heavy atom. The van der Waals surface area contributed by atoms with Crippen LogP contribution in [0, 0.1) is 11.8 Å². The molecule has 3 aliphatic rings. The van der Waals surface area contributed by atoms with E-state index in [0.29, 0.717) is 16.8 Å². The van der Waals surface area contributed by atoms with Crippen molar-refractivity contribution in [2.45, 2.75) is 50.8 Å². The number of phenols is 1. The van der Waals surface area contributed by atoms with Crippen molar-refractivity contribution >= 4 is 34.8 Å². The number of primary amides is 1. The minimum atomic E-state index is -2.69. The molecule has 8 N–H and O–H groups in total. The van der Waals surface area contributed by atoms with Crippen molar-refractivity contribution in [3.8, 4) is 16.9 Å². The first-order valence-corrected chi connectivity index (χ1v) is 14.6. The fraction of sp³-hybridized carbons (Fsp3) is 0.394. The van der Waals surface area contributed by atoms with Crippen molar-refractivity contribution in [3.05, 3.63) is 64.4 Å². The second-order valence-electron chi connectivity index (χ2n) is 13.2. The molecule has 12 heteroatoms. The van der Waals surface area contributed by atoms with Crippen molar-refractivity contribution < 1.29 is 39.6 Å². The lowest BCUT2D eigenvalue weighted by Gasteiger charge is -2.50. The van der Waals surface area contributed by atoms with E-state index in [9.17, 15) is 39.6 Å². The third kappa shape index (κ3) is 5.28. The van der Waals surface area contributed by atoms with E-state index in [2.05, 4.69) is 10.6 Å². The Labute approximate surface area is 260 Å². The van der Waals surface area contributed by atoms with Gasteiger partial charge in [-0.05, 0) is 88.5 Å². The minimum Gasteiger partial charge on any atom is -0.508 e. The highest BCUT2D eigenvalue weighted by Crippen LogP contribution is 2.53. The number of rotatable bonds is 6. The number of nitrogens with zero attached hydrogens (tertiary/aromatic N) is 1. The summed E-state index contributed by atoms with van der Waals surface area (Å²) >= 11 is 0. The summed E-state index contributed by atoms with van der Waals surface area (Å²) in [5.74, 6) is -7.18. The number of ketones is 2. The van der Waals surface area contributed by atoms with E-state index in [-0.39, 0.29) is 47.7 Å². The lowest BCUT2D eigenvalue weighted by atomic mass is 9.57. The number of fused-ring (bicyclic) bond motifs is 3. The molecule has 2 amide bonds. The van der Waals surface area contributed by atoms with Crippen LogP contribution in [-0.4, -0.2) is 86.5 Å². The quantitative estimate of drug-likeness (QED) is 0.235. The molecule has 5 rings (SSSR count). The number of benzene rings is 2. The van der Waals surface area contributed by atoms with E-state index in [1.54, 1.807) is 44.4 Å². The normalized spacial score (nSPS) is 24.7. The average Bonchev–Trinajstić information content (AvgIpc) is 2.94. The number of aromatic hydroxyl groups is 1. The molecule has 0 radical (unpaired) electrons. The molecule has 0 bridgehead atoms. The van der Waals surface area contributed by atoms with E-state index in [4.69, 9.17) is 5.73 Å². The van der Waals surface area contributed by atoms with Gasteiger partial charge in [0.15, 0.2) is 11.4 Å². The molecule has 12 nitrogen and oxygen atoms in total. The van der Waals surface area contributed by atoms with Gasteiger partial charge in [-0.3, -0.25) is 24.1 Å². The van der Waals surface area contributed by atoms with Gasteiger partial charge in [0.2, 0.25) is 11.7 Å². The SMILES string of the molecule is CN(C)[C@@H]1C(=O)C(C(N)=O)=C(O)[C@@]2(O)C(=O)C3=C(O)c4c(O)ccc(-c5ccc(NC(=O)CNC(C)(C)C)cc5)c4C[C@H]3C[C@@H]12. The van der Waals surface area contributed by atoms with Crippen LogP contribution in [0.5, 0.6) is 5.75 Å². The van der Waals surface area contributed by atoms with Crippen LogP contribution >= 0.6 is 0 Å². The third-order valence-electron chi connectivity index (χ3n) is 8.86. The number of anilines is 1. The van der Waals surface area contributed by atoms with Crippen LogP contribution in [0.1, 0.15) is 38.3 Å². The number of hydrogen-bond acceptors (Lipinski definition) is 10. The third-order valence-corrected chi connectivity index (χ3v) is 8.86. The Balaban J connectivity index is 1.55. The summed E-state index contributed by atoms with van der Waals surface area (Å²) in [6.07, 6.45) is 0.156. The second kappa shape index (κ2) is 11.1. The van der Waals surface area contributed by atoms with Gasteiger partial charge in [0.1, 0.15) is 22.8 Å². The van der Waals surface area contributed by atoms with Gasteiger partial charge < -0.3 is 36.8 Å². The van der Waals surface area contributed by atoms with Gasteiger partial charge in [-0.15, -0.1) is 0 Å². The van der Waals surface area contributed by atoms with Crippen molar-refractivity contribution in [2.75, 3.05) is 26.0 Å². The van der Waals surface area contributed by atoms with Gasteiger partial charge in [-0.25, -0.2) is 0 Å². The maximum absolute atomic E-state index is 14.0. The summed E-state index contributed by atoms with van der Waals surface area (Å²) in [6.45, 7) is 6.02. The summed E-state index contributed by atoms with van der Waals surface area (Å²) in [7, 11) is 3.10. The number of likely N-dealkylation sites (N-methyl/N-ethyl adjacent to an activating group) is 1. The van der Waals surface area contributed by atoms with Gasteiger partial charge in [0.25, 0.3) is 5.91 Å². The van der Waals surface area contributed by atoms with Crippen LogP contribution in [-0.2, 0) is 25.6 Å². The zero-order valence-electron chi connectivity index (χ0n) is 25.8. The fourth-order valence-corrected chi connectivity index (χ4v) is 6.80. The summed E-state index contributed by atoms with van der Waals surface area (Å²) < 4.78 is 0. The van der Waals surface area contributed by atoms with Crippen molar-refractivity contribution in [2.24, 2.45) is 17.6 Å². The van der Waals surface area contributed by atoms with E-state index in [1.165, 1.54) is 11.0 Å². The summed E-state index contributed by atoms with van der Waals surface area (Å²) in [5.41, 5.74) is 3.92. The molecule has 0 aromatic heterocycles. The maximum atomic E-state index is 14.0. The predicted molar refractivity (Wildman–Crippen MR) is 166 cm³/mol. The number of nitrogens with two attached hydrogens (primary N) is 1. The van der Waals surface area contributed by atoms with Gasteiger partial charge in [-0.1, -0.05) is 18.2 Å². The topological polar surface area (TPSA) is 203 Å². The number of nitrogens with one attached hydrogen (secondary N) is 2. The highest BCUT2D eigenvalue weighted by atomic mass is 16.3. The van der Waals surface area contributed by atoms with Crippen LogP contribution in [0.4, 0.5) is 5.69 Å². The molecular weight excluding hydrogens is 580 g/mol. The van der Waals surface area contributed by atoms with Crippen LogP contribution < -0.4 is 16.4 Å². The number of Topliss-reactive ketones (excluding diaryl/α,β-unsaturated/α-hetero) is 2. The Hall–Kier alpha value is -4.52. The number of aliphatic hydroxyl groups excluding tert-OH is 2. The average molecular weight is 619 g/mol. The molecule has 1 fully saturated rings. The molecule has 4 atom stereocenters. The summed E-state index contributed by atoms with van der Waals surface area (Å²) in [6, 6.07) is 8.96. The van der Waals surface area contributed by atoms with Crippen LogP contribution in [0.3, 0.4) is 0 Å². The maximum Gasteiger partial charge on any atom is 0.255 e. The summed E-state index contributed by atoms with van der Waals surface area (Å²) in [5, 5.41) is 51.1. The molecule has 0 aliphatic heterocycles. The van der Waals surface area contributed by atoms with E-state index in [1.807, 2.05) is 20.8 Å². The van der Waals surface area contributed by atoms with Gasteiger partial charge in [0, 0.05) is 22.7 Å². The van der Waals surface area contributed by atoms with Crippen LogP contribution in [0.25, 0.3) is 16.9 Å². The van der Waals surface area contributed by atoms with Gasteiger partial charge in [0.05, 0.1) is 18.2 Å². The first-order valence-electron chi connectivity index (χ1n) is 14.6. The zero-order valence-corrected chi connectivity index (χ0v) is 25.8.